The molecule has 0 saturated carbocycles. The number of benzene rings is 1. The zero-order valence-electron chi connectivity index (χ0n) is 9.03. The molecule has 4 nitrogen and oxygen atoms in total. The van der Waals surface area contributed by atoms with Crippen LogP contribution in [0.25, 0.3) is 0 Å². The molecule has 0 radical (unpaired) electrons. The van der Waals surface area contributed by atoms with Crippen LogP contribution in [-0.2, 0) is 4.79 Å². The average Bonchev–Trinajstić information content (AvgIpc) is 2.23. The number of nitrogens with two attached hydrogens (primary N) is 1. The Morgan fingerprint density at radius 2 is 2.31 bits per heavy atom. The Labute approximate surface area is 93.3 Å². The maximum absolute atomic E-state index is 12.9. The summed E-state index contributed by atoms with van der Waals surface area (Å²) in [5, 5.41) is 11.5. The summed E-state index contributed by atoms with van der Waals surface area (Å²) in [4.78, 5) is 11.4. The number of hydrogen-bond acceptors (Lipinski definition) is 3. The van der Waals surface area contributed by atoms with Crippen molar-refractivity contribution in [3.8, 4) is 5.75 Å². The Bertz CT molecular complexity index is 382. The Morgan fingerprint density at radius 3 is 2.88 bits per heavy atom. The standard InChI is InChI=1S/C11H15FN2O2/c1-2-7(13)5-11(16)14-8-3-4-10(15)9(12)6-8/h3-4,6-7,15H,2,5,13H2,1H3,(H,14,16). The third-order valence-corrected chi connectivity index (χ3v) is 2.20. The summed E-state index contributed by atoms with van der Waals surface area (Å²) in [5.74, 6) is -1.47. The number of aromatic hydroxyl groups is 1. The molecular weight excluding hydrogens is 211 g/mol. The number of carbonyl (C=O) groups excluding carboxylic acids is 1. The van der Waals surface area contributed by atoms with Crippen molar-refractivity contribution in [3.05, 3.63) is 24.0 Å². The van der Waals surface area contributed by atoms with E-state index in [0.717, 1.165) is 6.07 Å². The van der Waals surface area contributed by atoms with Gasteiger partial charge in [0.25, 0.3) is 0 Å². The minimum absolute atomic E-state index is 0.193. The van der Waals surface area contributed by atoms with Gasteiger partial charge in [0.05, 0.1) is 0 Å². The van der Waals surface area contributed by atoms with Gasteiger partial charge in [-0.1, -0.05) is 6.92 Å². The highest BCUT2D eigenvalue weighted by Gasteiger charge is 2.09. The topological polar surface area (TPSA) is 75.4 Å². The summed E-state index contributed by atoms with van der Waals surface area (Å²) in [7, 11) is 0. The summed E-state index contributed by atoms with van der Waals surface area (Å²) >= 11 is 0. The second-order valence-corrected chi connectivity index (χ2v) is 3.59. The van der Waals surface area contributed by atoms with Crippen LogP contribution < -0.4 is 11.1 Å². The number of hydrogen-bond donors (Lipinski definition) is 3. The SMILES string of the molecule is CCC(N)CC(=O)Nc1ccc(O)c(F)c1. The van der Waals surface area contributed by atoms with Crippen LogP contribution in [0.4, 0.5) is 10.1 Å². The first-order valence-corrected chi connectivity index (χ1v) is 5.07. The van der Waals surface area contributed by atoms with Crippen LogP contribution in [0.5, 0.6) is 5.75 Å². The van der Waals surface area contributed by atoms with Crippen LogP contribution in [0.3, 0.4) is 0 Å². The van der Waals surface area contributed by atoms with Crippen LogP contribution in [0, 0.1) is 5.82 Å². The normalized spacial score (nSPS) is 12.2. The molecule has 1 aromatic rings. The summed E-state index contributed by atoms with van der Waals surface area (Å²) in [5.41, 5.74) is 5.92. The molecule has 0 saturated heterocycles. The lowest BCUT2D eigenvalue weighted by atomic mass is 10.1. The molecule has 0 aliphatic rings. The quantitative estimate of drug-likeness (QED) is 0.682. The monoisotopic (exact) mass is 226 g/mol. The summed E-state index contributed by atoms with van der Waals surface area (Å²) < 4.78 is 12.9. The fraction of sp³-hybridized carbons (Fsp3) is 0.364. The van der Waals surface area contributed by atoms with E-state index < -0.39 is 11.6 Å². The van der Waals surface area contributed by atoms with Gasteiger partial charge in [-0.25, -0.2) is 4.39 Å². The first-order valence-electron chi connectivity index (χ1n) is 5.07. The van der Waals surface area contributed by atoms with Gasteiger partial charge in [-0.05, 0) is 18.6 Å². The van der Waals surface area contributed by atoms with Gasteiger partial charge in [-0.15, -0.1) is 0 Å². The molecule has 4 N–H and O–H groups in total. The third kappa shape index (κ3) is 3.51. The predicted octanol–water partition coefficient (Wildman–Crippen LogP) is 1.60. The van der Waals surface area contributed by atoms with Crippen molar-refractivity contribution in [1.29, 1.82) is 0 Å². The van der Waals surface area contributed by atoms with Crippen molar-refractivity contribution in [3.63, 3.8) is 0 Å². The summed E-state index contributed by atoms with van der Waals surface area (Å²) in [6, 6.07) is 3.48. The van der Waals surface area contributed by atoms with E-state index in [-0.39, 0.29) is 18.4 Å². The Hall–Kier alpha value is -1.62. The van der Waals surface area contributed by atoms with Crippen LogP contribution in [-0.4, -0.2) is 17.1 Å². The number of halogens is 1. The Balaban J connectivity index is 2.59. The fourth-order valence-electron chi connectivity index (χ4n) is 1.18. The molecule has 5 heteroatoms. The molecule has 0 bridgehead atoms. The number of carbonyl (C=O) groups is 1. The van der Waals surface area contributed by atoms with Gasteiger partial charge in [0.1, 0.15) is 0 Å². The van der Waals surface area contributed by atoms with Gasteiger partial charge >= 0.3 is 0 Å². The van der Waals surface area contributed by atoms with Crippen molar-refractivity contribution < 1.29 is 14.3 Å². The Kier molecular flexibility index (Phi) is 4.25. The van der Waals surface area contributed by atoms with E-state index in [1.165, 1.54) is 12.1 Å². The molecule has 0 spiro atoms. The lowest BCUT2D eigenvalue weighted by Crippen LogP contribution is -2.26. The van der Waals surface area contributed by atoms with Gasteiger partial charge < -0.3 is 16.2 Å². The van der Waals surface area contributed by atoms with E-state index in [0.29, 0.717) is 12.1 Å². The van der Waals surface area contributed by atoms with E-state index in [1.54, 1.807) is 0 Å². The third-order valence-electron chi connectivity index (χ3n) is 2.20. The molecule has 1 unspecified atom stereocenters. The van der Waals surface area contributed by atoms with Gasteiger partial charge in [0.15, 0.2) is 11.6 Å². The number of rotatable bonds is 4. The largest absolute Gasteiger partial charge is 0.505 e. The molecule has 0 heterocycles. The molecule has 1 amide bonds. The highest BCUT2D eigenvalue weighted by molar-refractivity contribution is 5.91. The average molecular weight is 226 g/mol. The molecule has 1 aromatic carbocycles. The maximum Gasteiger partial charge on any atom is 0.225 e. The van der Waals surface area contributed by atoms with Gasteiger partial charge in [0.2, 0.25) is 5.91 Å². The minimum atomic E-state index is -0.766. The number of phenolic OH excluding ortho intramolecular Hbond substituents is 1. The second-order valence-electron chi connectivity index (χ2n) is 3.59. The van der Waals surface area contributed by atoms with Crippen molar-refractivity contribution in [1.82, 2.24) is 0 Å². The number of phenols is 1. The highest BCUT2D eigenvalue weighted by atomic mass is 19.1. The smallest absolute Gasteiger partial charge is 0.225 e. The lowest BCUT2D eigenvalue weighted by molar-refractivity contribution is -0.116. The van der Waals surface area contributed by atoms with Gasteiger partial charge in [-0.2, -0.15) is 0 Å². The maximum atomic E-state index is 12.9. The molecule has 1 atom stereocenters. The van der Waals surface area contributed by atoms with E-state index in [9.17, 15) is 9.18 Å². The molecule has 0 aliphatic heterocycles. The van der Waals surface area contributed by atoms with Crippen LogP contribution in [0.15, 0.2) is 18.2 Å². The molecule has 88 valence electrons. The Morgan fingerprint density at radius 1 is 1.62 bits per heavy atom. The lowest BCUT2D eigenvalue weighted by Gasteiger charge is -2.09. The highest BCUT2D eigenvalue weighted by Crippen LogP contribution is 2.19. The second kappa shape index (κ2) is 5.46. The van der Waals surface area contributed by atoms with Crippen molar-refractivity contribution >= 4 is 11.6 Å². The zero-order chi connectivity index (χ0) is 12.1. The molecular formula is C11H15FN2O2. The molecule has 16 heavy (non-hydrogen) atoms. The van der Waals surface area contributed by atoms with E-state index in [1.807, 2.05) is 6.92 Å². The van der Waals surface area contributed by atoms with Crippen molar-refractivity contribution in [2.24, 2.45) is 5.73 Å². The molecule has 0 aromatic heterocycles. The van der Waals surface area contributed by atoms with Crippen molar-refractivity contribution in [2.75, 3.05) is 5.32 Å². The van der Waals surface area contributed by atoms with E-state index in [2.05, 4.69) is 5.32 Å². The summed E-state index contributed by atoms with van der Waals surface area (Å²) in [6.45, 7) is 1.89. The van der Waals surface area contributed by atoms with E-state index in [4.69, 9.17) is 10.8 Å². The van der Waals surface area contributed by atoms with Crippen molar-refractivity contribution in [2.45, 2.75) is 25.8 Å². The van der Waals surface area contributed by atoms with Gasteiger partial charge in [-0.3, -0.25) is 4.79 Å². The number of nitrogens with one attached hydrogen (secondary N) is 1. The molecule has 0 aliphatic carbocycles. The fourth-order valence-corrected chi connectivity index (χ4v) is 1.18. The van der Waals surface area contributed by atoms with E-state index >= 15 is 0 Å². The molecule has 1 rings (SSSR count). The first kappa shape index (κ1) is 12.4. The minimum Gasteiger partial charge on any atom is -0.505 e. The van der Waals surface area contributed by atoms with Crippen LogP contribution >= 0.6 is 0 Å². The van der Waals surface area contributed by atoms with Crippen LogP contribution in [0.2, 0.25) is 0 Å². The number of amides is 1. The van der Waals surface area contributed by atoms with Crippen LogP contribution in [0.1, 0.15) is 19.8 Å². The van der Waals surface area contributed by atoms with Gasteiger partial charge in [0, 0.05) is 24.2 Å². The zero-order valence-corrected chi connectivity index (χ0v) is 9.03. The predicted molar refractivity (Wildman–Crippen MR) is 59.6 cm³/mol. The first-order chi connectivity index (χ1) is 7.52. The molecule has 0 fully saturated rings. The number of anilines is 1. The summed E-state index contributed by atoms with van der Waals surface area (Å²) in [6.07, 6.45) is 0.899.